The maximum absolute atomic E-state index is 12.6. The predicted octanol–water partition coefficient (Wildman–Crippen LogP) is 1.83. The van der Waals surface area contributed by atoms with Gasteiger partial charge in [0.1, 0.15) is 0 Å². The summed E-state index contributed by atoms with van der Waals surface area (Å²) >= 11 is 0. The third kappa shape index (κ3) is 6.21. The predicted molar refractivity (Wildman–Crippen MR) is 91.3 cm³/mol. The number of benzene rings is 1. The van der Waals surface area contributed by atoms with Crippen LogP contribution in [0.25, 0.3) is 0 Å². The molecule has 1 atom stereocenters. The molecule has 1 unspecified atom stereocenters. The number of guanidine groups is 1. The Kier molecular flexibility index (Phi) is 7.07. The lowest BCUT2D eigenvalue weighted by Crippen LogP contribution is -2.44. The first kappa shape index (κ1) is 19.5. The van der Waals surface area contributed by atoms with Gasteiger partial charge in [-0.1, -0.05) is 12.1 Å². The maximum Gasteiger partial charge on any atom is 0.416 e. The first-order valence-electron chi connectivity index (χ1n) is 8.46. The van der Waals surface area contributed by atoms with E-state index in [0.717, 1.165) is 43.8 Å². The Balaban J connectivity index is 1.86. The van der Waals surface area contributed by atoms with Gasteiger partial charge >= 0.3 is 6.18 Å². The van der Waals surface area contributed by atoms with Gasteiger partial charge in [0.2, 0.25) is 0 Å². The van der Waals surface area contributed by atoms with Crippen LogP contribution < -0.4 is 10.6 Å². The summed E-state index contributed by atoms with van der Waals surface area (Å²) in [6.45, 7) is 5.35. The van der Waals surface area contributed by atoms with Crippen LogP contribution in [-0.2, 0) is 12.7 Å². The Labute approximate surface area is 145 Å². The molecule has 1 heterocycles. The Morgan fingerprint density at radius 2 is 2.04 bits per heavy atom. The topological polar surface area (TPSA) is 59.9 Å². The van der Waals surface area contributed by atoms with E-state index in [2.05, 4.69) is 20.5 Å². The van der Waals surface area contributed by atoms with Crippen LogP contribution in [0.5, 0.6) is 0 Å². The second-order valence-corrected chi connectivity index (χ2v) is 6.04. The summed E-state index contributed by atoms with van der Waals surface area (Å²) < 4.78 is 37.8. The van der Waals surface area contributed by atoms with Crippen LogP contribution in [-0.4, -0.2) is 54.8 Å². The zero-order valence-electron chi connectivity index (χ0n) is 14.3. The standard InChI is InChI=1S/C17H25F3N4O/c1-2-21-16(22-8-10-25)23-15-7-9-24(12-15)11-13-3-5-14(6-4-13)17(18,19)20/h3-6,15,25H,2,7-12H2,1H3,(H2,21,22,23). The summed E-state index contributed by atoms with van der Waals surface area (Å²) in [6, 6.07) is 5.57. The highest BCUT2D eigenvalue weighted by molar-refractivity contribution is 5.80. The summed E-state index contributed by atoms with van der Waals surface area (Å²) in [5.41, 5.74) is 0.252. The lowest BCUT2D eigenvalue weighted by Gasteiger charge is -2.19. The van der Waals surface area contributed by atoms with Gasteiger partial charge in [-0.15, -0.1) is 0 Å². The van der Waals surface area contributed by atoms with Gasteiger partial charge in [-0.2, -0.15) is 13.2 Å². The van der Waals surface area contributed by atoms with E-state index in [1.54, 1.807) is 0 Å². The molecule has 1 aromatic rings. The van der Waals surface area contributed by atoms with E-state index >= 15 is 0 Å². The number of alkyl halides is 3. The molecule has 0 bridgehead atoms. The van der Waals surface area contributed by atoms with E-state index in [9.17, 15) is 13.2 Å². The molecule has 25 heavy (non-hydrogen) atoms. The van der Waals surface area contributed by atoms with E-state index in [-0.39, 0.29) is 12.6 Å². The highest BCUT2D eigenvalue weighted by Gasteiger charge is 2.30. The summed E-state index contributed by atoms with van der Waals surface area (Å²) in [7, 11) is 0. The largest absolute Gasteiger partial charge is 0.416 e. The summed E-state index contributed by atoms with van der Waals surface area (Å²) in [4.78, 5) is 6.46. The minimum absolute atomic E-state index is 0.00128. The SMILES string of the molecule is CCNC(=NCCO)NC1CCN(Cc2ccc(C(F)(F)F)cc2)C1. The average molecular weight is 358 g/mol. The van der Waals surface area contributed by atoms with Gasteiger partial charge in [-0.05, 0) is 31.0 Å². The van der Waals surface area contributed by atoms with Crippen molar-refractivity contribution in [3.05, 3.63) is 35.4 Å². The number of nitrogens with one attached hydrogen (secondary N) is 2. The zero-order valence-corrected chi connectivity index (χ0v) is 14.3. The van der Waals surface area contributed by atoms with E-state index in [1.807, 2.05) is 6.92 Å². The van der Waals surface area contributed by atoms with Crippen LogP contribution in [0.1, 0.15) is 24.5 Å². The van der Waals surface area contributed by atoms with Crippen molar-refractivity contribution in [2.45, 2.75) is 32.1 Å². The molecule has 0 saturated carbocycles. The molecule has 140 valence electrons. The van der Waals surface area contributed by atoms with Crippen molar-refractivity contribution in [2.24, 2.45) is 4.99 Å². The Morgan fingerprint density at radius 3 is 2.64 bits per heavy atom. The van der Waals surface area contributed by atoms with Gasteiger partial charge in [0.15, 0.2) is 5.96 Å². The quantitative estimate of drug-likeness (QED) is 0.536. The monoisotopic (exact) mass is 358 g/mol. The lowest BCUT2D eigenvalue weighted by molar-refractivity contribution is -0.137. The fourth-order valence-electron chi connectivity index (χ4n) is 2.83. The number of halogens is 3. The van der Waals surface area contributed by atoms with Gasteiger partial charge in [-0.3, -0.25) is 9.89 Å². The van der Waals surface area contributed by atoms with E-state index in [1.165, 1.54) is 12.1 Å². The van der Waals surface area contributed by atoms with E-state index < -0.39 is 11.7 Å². The first-order chi connectivity index (χ1) is 11.9. The Hall–Kier alpha value is -1.80. The number of aliphatic imine (C=N–C) groups is 1. The van der Waals surface area contributed by atoms with E-state index in [0.29, 0.717) is 19.0 Å². The van der Waals surface area contributed by atoms with Crippen LogP contribution in [0.2, 0.25) is 0 Å². The van der Waals surface area contributed by atoms with Crippen LogP contribution in [0.3, 0.4) is 0 Å². The molecule has 2 rings (SSSR count). The highest BCUT2D eigenvalue weighted by Crippen LogP contribution is 2.29. The number of rotatable bonds is 6. The molecule has 5 nitrogen and oxygen atoms in total. The molecule has 1 aromatic carbocycles. The molecule has 0 aromatic heterocycles. The van der Waals surface area contributed by atoms with Gasteiger partial charge in [-0.25, -0.2) is 0 Å². The molecular weight excluding hydrogens is 333 g/mol. The number of likely N-dealkylation sites (tertiary alicyclic amines) is 1. The van der Waals surface area contributed by atoms with Crippen molar-refractivity contribution in [1.82, 2.24) is 15.5 Å². The lowest BCUT2D eigenvalue weighted by atomic mass is 10.1. The van der Waals surface area contributed by atoms with Crippen molar-refractivity contribution in [2.75, 3.05) is 32.8 Å². The van der Waals surface area contributed by atoms with E-state index in [4.69, 9.17) is 5.11 Å². The molecule has 0 spiro atoms. The van der Waals surface area contributed by atoms with Crippen molar-refractivity contribution >= 4 is 5.96 Å². The van der Waals surface area contributed by atoms with Gasteiger partial charge in [0.05, 0.1) is 18.7 Å². The first-order valence-corrected chi connectivity index (χ1v) is 8.46. The molecule has 0 amide bonds. The van der Waals surface area contributed by atoms with Gasteiger partial charge < -0.3 is 15.7 Å². The molecule has 3 N–H and O–H groups in total. The molecule has 0 radical (unpaired) electrons. The Bertz CT molecular complexity index is 560. The van der Waals surface area contributed by atoms with Crippen molar-refractivity contribution in [3.8, 4) is 0 Å². The summed E-state index contributed by atoms with van der Waals surface area (Å²) in [5.74, 6) is 0.679. The third-order valence-corrected chi connectivity index (χ3v) is 4.01. The number of hydrogen-bond acceptors (Lipinski definition) is 3. The van der Waals surface area contributed by atoms with Crippen LogP contribution in [0, 0.1) is 0 Å². The van der Waals surface area contributed by atoms with Crippen molar-refractivity contribution in [1.29, 1.82) is 0 Å². The number of aliphatic hydroxyl groups is 1. The molecule has 1 aliphatic rings. The number of aliphatic hydroxyl groups excluding tert-OH is 1. The minimum Gasteiger partial charge on any atom is -0.394 e. The normalized spacial score (nSPS) is 19.2. The highest BCUT2D eigenvalue weighted by atomic mass is 19.4. The van der Waals surface area contributed by atoms with Crippen LogP contribution in [0.4, 0.5) is 13.2 Å². The molecular formula is C17H25F3N4O. The molecule has 1 aliphatic heterocycles. The maximum atomic E-state index is 12.6. The van der Waals surface area contributed by atoms with Gasteiger partial charge in [0.25, 0.3) is 0 Å². The Morgan fingerprint density at radius 1 is 1.32 bits per heavy atom. The molecule has 1 saturated heterocycles. The van der Waals surface area contributed by atoms with Crippen LogP contribution >= 0.6 is 0 Å². The van der Waals surface area contributed by atoms with Crippen molar-refractivity contribution in [3.63, 3.8) is 0 Å². The van der Waals surface area contributed by atoms with Gasteiger partial charge in [0, 0.05) is 32.2 Å². The summed E-state index contributed by atoms with van der Waals surface area (Å²) in [6.07, 6.45) is -3.36. The fraction of sp³-hybridized carbons (Fsp3) is 0.588. The second kappa shape index (κ2) is 9.05. The zero-order chi connectivity index (χ0) is 18.3. The molecule has 1 fully saturated rings. The average Bonchev–Trinajstić information content (AvgIpc) is 2.99. The number of hydrogen-bond donors (Lipinski definition) is 3. The smallest absolute Gasteiger partial charge is 0.394 e. The van der Waals surface area contributed by atoms with Crippen molar-refractivity contribution < 1.29 is 18.3 Å². The second-order valence-electron chi connectivity index (χ2n) is 6.04. The third-order valence-electron chi connectivity index (χ3n) is 4.01. The number of nitrogens with zero attached hydrogens (tertiary/aromatic N) is 2. The summed E-state index contributed by atoms with van der Waals surface area (Å²) in [5, 5.41) is 15.3. The minimum atomic E-state index is -4.29. The van der Waals surface area contributed by atoms with Crippen LogP contribution in [0.15, 0.2) is 29.3 Å². The fourth-order valence-corrected chi connectivity index (χ4v) is 2.83. The molecule has 8 heteroatoms. The molecule has 0 aliphatic carbocycles.